The molecule has 3 rings (SSSR count). The maximum Gasteiger partial charge on any atom is 0.0400 e. The molecule has 1 aliphatic heterocycles. The van der Waals surface area contributed by atoms with Gasteiger partial charge in [-0.3, -0.25) is 0 Å². The average Bonchev–Trinajstić information content (AvgIpc) is 2.87. The molecule has 1 unspecified atom stereocenters. The first-order valence-corrected chi connectivity index (χ1v) is 6.38. The molecular weight excluding hydrogens is 196 g/mol. The maximum absolute atomic E-state index is 3.66. The molecule has 2 heteroatoms. The molecule has 0 radical (unpaired) electrons. The van der Waals surface area contributed by atoms with E-state index in [9.17, 15) is 0 Å². The second-order valence-corrected chi connectivity index (χ2v) is 5.23. The van der Waals surface area contributed by atoms with Crippen molar-refractivity contribution in [1.82, 2.24) is 4.90 Å². The maximum atomic E-state index is 3.66. The second-order valence-electron chi connectivity index (χ2n) is 5.23. The summed E-state index contributed by atoms with van der Waals surface area (Å²) < 4.78 is 0. The summed E-state index contributed by atoms with van der Waals surface area (Å²) in [6.07, 6.45) is 5.16. The number of rotatable bonds is 2. The zero-order valence-electron chi connectivity index (χ0n) is 10.00. The zero-order chi connectivity index (χ0) is 11.0. The normalized spacial score (nSPS) is 24.7. The highest BCUT2D eigenvalue weighted by Crippen LogP contribution is 2.25. The van der Waals surface area contributed by atoms with Crippen LogP contribution in [-0.4, -0.2) is 31.1 Å². The van der Waals surface area contributed by atoms with E-state index in [-0.39, 0.29) is 0 Å². The predicted molar refractivity (Wildman–Crippen MR) is 68.0 cm³/mol. The first kappa shape index (κ1) is 10.2. The fourth-order valence-electron chi connectivity index (χ4n) is 2.95. The number of hydrogen-bond acceptors (Lipinski definition) is 2. The van der Waals surface area contributed by atoms with Gasteiger partial charge in [-0.05, 0) is 62.5 Å². The molecule has 0 bridgehead atoms. The number of nitrogens with zero attached hydrogens (tertiary/aromatic N) is 1. The quantitative estimate of drug-likeness (QED) is 0.816. The highest BCUT2D eigenvalue weighted by atomic mass is 15.2. The van der Waals surface area contributed by atoms with Crippen LogP contribution in [0.2, 0.25) is 0 Å². The lowest BCUT2D eigenvalue weighted by Crippen LogP contribution is -2.23. The molecular formula is C14H20N2. The summed E-state index contributed by atoms with van der Waals surface area (Å²) in [6.45, 7) is 2.40. The summed E-state index contributed by atoms with van der Waals surface area (Å²) in [5.41, 5.74) is 4.45. The lowest BCUT2D eigenvalue weighted by atomic mass is 10.1. The SMILES string of the molecule is CN1CCC(Nc2ccc3c(c2)CCC3)C1. The van der Waals surface area contributed by atoms with Crippen LogP contribution in [0.4, 0.5) is 5.69 Å². The Balaban J connectivity index is 1.71. The number of hydrogen-bond donors (Lipinski definition) is 1. The first-order chi connectivity index (χ1) is 7.81. The average molecular weight is 216 g/mol. The number of likely N-dealkylation sites (N-methyl/N-ethyl adjacent to an activating group) is 1. The van der Waals surface area contributed by atoms with Crippen LogP contribution in [0, 0.1) is 0 Å². The fraction of sp³-hybridized carbons (Fsp3) is 0.571. The summed E-state index contributed by atoms with van der Waals surface area (Å²) in [5, 5.41) is 3.66. The van der Waals surface area contributed by atoms with Crippen molar-refractivity contribution in [3.63, 3.8) is 0 Å². The third-order valence-electron chi connectivity index (χ3n) is 3.86. The number of fused-ring (bicyclic) bond motifs is 1. The summed E-state index contributed by atoms with van der Waals surface area (Å²) >= 11 is 0. The van der Waals surface area contributed by atoms with Crippen LogP contribution < -0.4 is 5.32 Å². The van der Waals surface area contributed by atoms with Crippen LogP contribution in [0.5, 0.6) is 0 Å². The lowest BCUT2D eigenvalue weighted by Gasteiger charge is -2.15. The van der Waals surface area contributed by atoms with E-state index in [0.717, 1.165) is 0 Å². The number of likely N-dealkylation sites (tertiary alicyclic amines) is 1. The van der Waals surface area contributed by atoms with E-state index >= 15 is 0 Å². The Labute approximate surface area is 97.6 Å². The molecule has 1 aliphatic carbocycles. The van der Waals surface area contributed by atoms with Crippen molar-refractivity contribution in [2.75, 3.05) is 25.5 Å². The Kier molecular flexibility index (Phi) is 2.60. The number of aryl methyl sites for hydroxylation is 2. The molecule has 16 heavy (non-hydrogen) atoms. The van der Waals surface area contributed by atoms with Gasteiger partial charge in [-0.25, -0.2) is 0 Å². The van der Waals surface area contributed by atoms with Crippen molar-refractivity contribution in [2.24, 2.45) is 0 Å². The first-order valence-electron chi connectivity index (χ1n) is 6.38. The molecule has 86 valence electrons. The van der Waals surface area contributed by atoms with Gasteiger partial charge < -0.3 is 10.2 Å². The standard InChI is InChI=1S/C14H20N2/c1-16-8-7-14(10-16)15-13-6-5-11-3-2-4-12(11)9-13/h5-6,9,14-15H,2-4,7-8,10H2,1H3. The highest BCUT2D eigenvalue weighted by Gasteiger charge is 2.19. The van der Waals surface area contributed by atoms with Gasteiger partial charge in [0.1, 0.15) is 0 Å². The van der Waals surface area contributed by atoms with E-state index in [1.165, 1.54) is 44.5 Å². The molecule has 1 heterocycles. The molecule has 1 atom stereocenters. The largest absolute Gasteiger partial charge is 0.381 e. The number of anilines is 1. The van der Waals surface area contributed by atoms with E-state index in [0.29, 0.717) is 6.04 Å². The van der Waals surface area contributed by atoms with E-state index in [2.05, 4.69) is 35.5 Å². The predicted octanol–water partition coefficient (Wildman–Crippen LogP) is 2.29. The van der Waals surface area contributed by atoms with Crippen LogP contribution in [-0.2, 0) is 12.8 Å². The minimum absolute atomic E-state index is 0.643. The molecule has 1 aromatic rings. The minimum Gasteiger partial charge on any atom is -0.381 e. The monoisotopic (exact) mass is 216 g/mol. The number of benzene rings is 1. The third-order valence-corrected chi connectivity index (χ3v) is 3.86. The summed E-state index contributed by atoms with van der Waals surface area (Å²) in [6, 6.07) is 7.57. The van der Waals surface area contributed by atoms with E-state index in [1.807, 2.05) is 0 Å². The van der Waals surface area contributed by atoms with Crippen molar-refractivity contribution < 1.29 is 0 Å². The summed E-state index contributed by atoms with van der Waals surface area (Å²) in [4.78, 5) is 2.39. The van der Waals surface area contributed by atoms with Gasteiger partial charge in [-0.1, -0.05) is 6.07 Å². The van der Waals surface area contributed by atoms with Crippen LogP contribution in [0.3, 0.4) is 0 Å². The Bertz CT molecular complexity index is 386. The smallest absolute Gasteiger partial charge is 0.0400 e. The molecule has 1 aromatic carbocycles. The number of nitrogens with one attached hydrogen (secondary N) is 1. The van der Waals surface area contributed by atoms with E-state index in [1.54, 1.807) is 11.1 Å². The summed E-state index contributed by atoms with van der Waals surface area (Å²) in [5.74, 6) is 0. The third kappa shape index (κ3) is 1.94. The molecule has 1 N–H and O–H groups in total. The second kappa shape index (κ2) is 4.10. The van der Waals surface area contributed by atoms with Crippen molar-refractivity contribution in [3.8, 4) is 0 Å². The van der Waals surface area contributed by atoms with Crippen LogP contribution in [0.25, 0.3) is 0 Å². The van der Waals surface area contributed by atoms with E-state index in [4.69, 9.17) is 0 Å². The molecule has 2 nitrogen and oxygen atoms in total. The van der Waals surface area contributed by atoms with Gasteiger partial charge in [-0.2, -0.15) is 0 Å². The Morgan fingerprint density at radius 1 is 1.25 bits per heavy atom. The van der Waals surface area contributed by atoms with Gasteiger partial charge in [-0.15, -0.1) is 0 Å². The highest BCUT2D eigenvalue weighted by molar-refractivity contribution is 5.50. The van der Waals surface area contributed by atoms with Crippen LogP contribution >= 0.6 is 0 Å². The van der Waals surface area contributed by atoms with Crippen LogP contribution in [0.1, 0.15) is 24.0 Å². The van der Waals surface area contributed by atoms with Gasteiger partial charge >= 0.3 is 0 Å². The molecule has 0 amide bonds. The molecule has 0 saturated carbocycles. The molecule has 1 saturated heterocycles. The molecule has 0 spiro atoms. The Morgan fingerprint density at radius 3 is 2.94 bits per heavy atom. The fourth-order valence-corrected chi connectivity index (χ4v) is 2.95. The topological polar surface area (TPSA) is 15.3 Å². The van der Waals surface area contributed by atoms with Gasteiger partial charge in [0.05, 0.1) is 0 Å². The zero-order valence-corrected chi connectivity index (χ0v) is 10.00. The van der Waals surface area contributed by atoms with Gasteiger partial charge in [0, 0.05) is 18.3 Å². The Hall–Kier alpha value is -1.02. The lowest BCUT2D eigenvalue weighted by molar-refractivity contribution is 0.414. The van der Waals surface area contributed by atoms with Crippen LogP contribution in [0.15, 0.2) is 18.2 Å². The molecule has 0 aromatic heterocycles. The van der Waals surface area contributed by atoms with Crippen molar-refractivity contribution >= 4 is 5.69 Å². The summed E-state index contributed by atoms with van der Waals surface area (Å²) in [7, 11) is 2.20. The van der Waals surface area contributed by atoms with Crippen molar-refractivity contribution in [1.29, 1.82) is 0 Å². The van der Waals surface area contributed by atoms with Gasteiger partial charge in [0.2, 0.25) is 0 Å². The minimum atomic E-state index is 0.643. The van der Waals surface area contributed by atoms with E-state index < -0.39 is 0 Å². The Morgan fingerprint density at radius 2 is 2.12 bits per heavy atom. The van der Waals surface area contributed by atoms with Gasteiger partial charge in [0.15, 0.2) is 0 Å². The van der Waals surface area contributed by atoms with Gasteiger partial charge in [0.25, 0.3) is 0 Å². The van der Waals surface area contributed by atoms with Crippen molar-refractivity contribution in [2.45, 2.75) is 31.7 Å². The molecule has 1 fully saturated rings. The van der Waals surface area contributed by atoms with Crippen molar-refractivity contribution in [3.05, 3.63) is 29.3 Å². The molecule has 2 aliphatic rings.